The highest BCUT2D eigenvalue weighted by atomic mass is 16.3. The van der Waals surface area contributed by atoms with Crippen molar-refractivity contribution >= 4 is 60.5 Å². The molecule has 0 saturated heterocycles. The monoisotopic (exact) mass is 587 g/mol. The zero-order valence-corrected chi connectivity index (χ0v) is 25.1. The largest absolute Gasteiger partial charge is 0.456 e. The van der Waals surface area contributed by atoms with Crippen LogP contribution in [0.3, 0.4) is 0 Å². The lowest BCUT2D eigenvalue weighted by atomic mass is 10.0. The molecule has 0 fully saturated rings. The predicted octanol–water partition coefficient (Wildman–Crippen LogP) is 12.7. The minimum Gasteiger partial charge on any atom is -0.456 e. The van der Waals surface area contributed by atoms with Gasteiger partial charge in [0.1, 0.15) is 11.2 Å². The van der Waals surface area contributed by atoms with E-state index in [-0.39, 0.29) is 0 Å². The van der Waals surface area contributed by atoms with E-state index in [4.69, 9.17) is 4.42 Å². The lowest BCUT2D eigenvalue weighted by molar-refractivity contribution is 0.669. The first kappa shape index (κ1) is 26.3. The van der Waals surface area contributed by atoms with Crippen LogP contribution in [0.2, 0.25) is 0 Å². The Morgan fingerprint density at radius 2 is 0.935 bits per heavy atom. The van der Waals surface area contributed by atoms with Crippen molar-refractivity contribution in [3.63, 3.8) is 0 Å². The quantitative estimate of drug-likeness (QED) is 0.199. The molecular formula is C44H29NO. The summed E-state index contributed by atoms with van der Waals surface area (Å²) in [7, 11) is 0. The fraction of sp³-hybridized carbons (Fsp3) is 0. The predicted molar refractivity (Wildman–Crippen MR) is 194 cm³/mol. The van der Waals surface area contributed by atoms with Crippen LogP contribution in [-0.2, 0) is 0 Å². The molecule has 0 aliphatic carbocycles. The maximum absolute atomic E-state index is 6.36. The molecule has 0 bridgehead atoms. The molecule has 0 radical (unpaired) electrons. The summed E-state index contributed by atoms with van der Waals surface area (Å²) in [6, 6.07) is 62.8. The SMILES string of the molecule is c1ccc(-c2cccc(N(c3ccc(-c4ccc5ccccc5c4)cc3)c3ccc4oc5ccc6ccccc6c5c4c3)c2)cc1. The van der Waals surface area contributed by atoms with Crippen LogP contribution in [-0.4, -0.2) is 0 Å². The van der Waals surface area contributed by atoms with Gasteiger partial charge in [-0.15, -0.1) is 0 Å². The van der Waals surface area contributed by atoms with Crippen LogP contribution in [0.1, 0.15) is 0 Å². The van der Waals surface area contributed by atoms with Gasteiger partial charge in [-0.1, -0.05) is 121 Å². The Morgan fingerprint density at radius 3 is 1.80 bits per heavy atom. The molecule has 0 unspecified atom stereocenters. The third kappa shape index (κ3) is 4.51. The highest BCUT2D eigenvalue weighted by Crippen LogP contribution is 2.42. The van der Waals surface area contributed by atoms with Crippen LogP contribution in [0.25, 0.3) is 65.7 Å². The van der Waals surface area contributed by atoms with E-state index in [1.54, 1.807) is 0 Å². The first-order valence-corrected chi connectivity index (χ1v) is 15.7. The smallest absolute Gasteiger partial charge is 0.136 e. The maximum atomic E-state index is 6.36. The van der Waals surface area contributed by atoms with Gasteiger partial charge in [0.25, 0.3) is 0 Å². The average Bonchev–Trinajstić information content (AvgIpc) is 3.51. The van der Waals surface area contributed by atoms with Crippen LogP contribution in [0.4, 0.5) is 17.1 Å². The molecule has 0 amide bonds. The van der Waals surface area contributed by atoms with Crippen LogP contribution in [0.5, 0.6) is 0 Å². The molecule has 0 atom stereocenters. The lowest BCUT2D eigenvalue weighted by Crippen LogP contribution is -2.10. The molecule has 1 heterocycles. The van der Waals surface area contributed by atoms with Crippen molar-refractivity contribution in [3.05, 3.63) is 176 Å². The third-order valence-electron chi connectivity index (χ3n) is 9.02. The molecule has 216 valence electrons. The van der Waals surface area contributed by atoms with Crippen molar-refractivity contribution in [2.24, 2.45) is 0 Å². The van der Waals surface area contributed by atoms with Gasteiger partial charge in [-0.3, -0.25) is 0 Å². The summed E-state index contributed by atoms with van der Waals surface area (Å²) in [6.45, 7) is 0. The van der Waals surface area contributed by atoms with E-state index in [1.165, 1.54) is 43.8 Å². The molecular weight excluding hydrogens is 558 g/mol. The van der Waals surface area contributed by atoms with E-state index in [2.05, 4.69) is 181 Å². The summed E-state index contributed by atoms with van der Waals surface area (Å²) in [5, 5.41) is 7.17. The molecule has 1 aromatic heterocycles. The molecule has 46 heavy (non-hydrogen) atoms. The number of hydrogen-bond donors (Lipinski definition) is 0. The number of hydrogen-bond acceptors (Lipinski definition) is 2. The van der Waals surface area contributed by atoms with Crippen molar-refractivity contribution in [3.8, 4) is 22.3 Å². The summed E-state index contributed by atoms with van der Waals surface area (Å²) >= 11 is 0. The first-order chi connectivity index (χ1) is 22.8. The Morgan fingerprint density at radius 1 is 0.326 bits per heavy atom. The number of rotatable bonds is 5. The molecule has 9 aromatic rings. The number of benzene rings is 8. The Bertz CT molecular complexity index is 2530. The standard InChI is InChI=1S/C44H29NO/c1-2-9-30(10-3-1)35-14-8-15-38(28-35)45(37-22-19-32(20-23-37)36-18-17-31-11-4-5-13-34(31)27-36)39-24-26-42-41(29-39)44-40-16-7-6-12-33(40)21-25-43(44)46-42/h1-29H. The summed E-state index contributed by atoms with van der Waals surface area (Å²) in [6.07, 6.45) is 0. The molecule has 0 spiro atoms. The van der Waals surface area contributed by atoms with E-state index in [0.29, 0.717) is 0 Å². The van der Waals surface area contributed by atoms with Gasteiger partial charge < -0.3 is 9.32 Å². The second-order valence-corrected chi connectivity index (χ2v) is 11.8. The Hall–Kier alpha value is -6.12. The Labute approximate surface area is 267 Å². The highest BCUT2D eigenvalue weighted by molar-refractivity contribution is 6.19. The van der Waals surface area contributed by atoms with Crippen molar-refractivity contribution in [2.75, 3.05) is 4.90 Å². The third-order valence-corrected chi connectivity index (χ3v) is 9.02. The van der Waals surface area contributed by atoms with Gasteiger partial charge in [0.05, 0.1) is 0 Å². The van der Waals surface area contributed by atoms with Crippen LogP contribution >= 0.6 is 0 Å². The summed E-state index contributed by atoms with van der Waals surface area (Å²) in [5.74, 6) is 0. The van der Waals surface area contributed by atoms with Gasteiger partial charge in [-0.05, 0) is 98.4 Å². The Kier molecular flexibility index (Phi) is 6.17. The van der Waals surface area contributed by atoms with Crippen LogP contribution < -0.4 is 4.90 Å². The fourth-order valence-electron chi connectivity index (χ4n) is 6.75. The van der Waals surface area contributed by atoms with Gasteiger partial charge in [-0.25, -0.2) is 0 Å². The highest BCUT2D eigenvalue weighted by Gasteiger charge is 2.17. The number of anilines is 3. The van der Waals surface area contributed by atoms with Crippen molar-refractivity contribution in [1.82, 2.24) is 0 Å². The van der Waals surface area contributed by atoms with Gasteiger partial charge in [-0.2, -0.15) is 0 Å². The molecule has 0 aliphatic rings. The van der Waals surface area contributed by atoms with E-state index in [1.807, 2.05) is 0 Å². The molecule has 0 saturated carbocycles. The lowest BCUT2D eigenvalue weighted by Gasteiger charge is -2.26. The Balaban J connectivity index is 1.21. The van der Waals surface area contributed by atoms with E-state index >= 15 is 0 Å². The molecule has 0 N–H and O–H groups in total. The summed E-state index contributed by atoms with van der Waals surface area (Å²) in [4.78, 5) is 2.35. The molecule has 8 aromatic carbocycles. The number of furan rings is 1. The van der Waals surface area contributed by atoms with Crippen molar-refractivity contribution in [1.29, 1.82) is 0 Å². The van der Waals surface area contributed by atoms with Crippen molar-refractivity contribution < 1.29 is 4.42 Å². The summed E-state index contributed by atoms with van der Waals surface area (Å²) in [5.41, 5.74) is 9.82. The molecule has 2 heteroatoms. The number of nitrogens with zero attached hydrogens (tertiary/aromatic N) is 1. The van der Waals surface area contributed by atoms with Gasteiger partial charge in [0, 0.05) is 27.8 Å². The average molecular weight is 588 g/mol. The van der Waals surface area contributed by atoms with Crippen molar-refractivity contribution in [2.45, 2.75) is 0 Å². The van der Waals surface area contributed by atoms with E-state index in [9.17, 15) is 0 Å². The van der Waals surface area contributed by atoms with Gasteiger partial charge >= 0.3 is 0 Å². The number of fused-ring (bicyclic) bond motifs is 6. The normalized spacial score (nSPS) is 11.5. The zero-order chi connectivity index (χ0) is 30.5. The maximum Gasteiger partial charge on any atom is 0.136 e. The summed E-state index contributed by atoms with van der Waals surface area (Å²) < 4.78 is 6.36. The minimum atomic E-state index is 0.889. The topological polar surface area (TPSA) is 16.4 Å². The van der Waals surface area contributed by atoms with Gasteiger partial charge in [0.2, 0.25) is 0 Å². The molecule has 0 aliphatic heterocycles. The zero-order valence-electron chi connectivity index (χ0n) is 25.1. The van der Waals surface area contributed by atoms with E-state index < -0.39 is 0 Å². The van der Waals surface area contributed by atoms with E-state index in [0.717, 1.165) is 39.0 Å². The van der Waals surface area contributed by atoms with Crippen LogP contribution in [0, 0.1) is 0 Å². The molecule has 9 rings (SSSR count). The second-order valence-electron chi connectivity index (χ2n) is 11.8. The van der Waals surface area contributed by atoms with Crippen LogP contribution in [0.15, 0.2) is 180 Å². The second kappa shape index (κ2) is 10.8. The fourth-order valence-corrected chi connectivity index (χ4v) is 6.75. The molecule has 2 nitrogen and oxygen atoms in total. The first-order valence-electron chi connectivity index (χ1n) is 15.7. The minimum absolute atomic E-state index is 0.889. The van der Waals surface area contributed by atoms with Gasteiger partial charge in [0.15, 0.2) is 0 Å².